The van der Waals surface area contributed by atoms with Crippen LogP contribution in [0.2, 0.25) is 0 Å². The number of benzene rings is 3. The number of H-pyrrole nitrogens is 1. The average molecular weight is 424 g/mol. The molecule has 3 aromatic carbocycles. The zero-order valence-electron chi connectivity index (χ0n) is 18.0. The van der Waals surface area contributed by atoms with Crippen molar-refractivity contribution in [1.82, 2.24) is 15.2 Å². The van der Waals surface area contributed by atoms with Crippen molar-refractivity contribution in [2.24, 2.45) is 0 Å². The number of amides is 2. The molecule has 1 atom stereocenters. The van der Waals surface area contributed by atoms with Crippen LogP contribution in [0.4, 0.5) is 0 Å². The van der Waals surface area contributed by atoms with Gasteiger partial charge < -0.3 is 15.2 Å². The van der Waals surface area contributed by atoms with Gasteiger partial charge in [-0.3, -0.25) is 9.59 Å². The van der Waals surface area contributed by atoms with E-state index in [0.29, 0.717) is 18.7 Å². The normalized spacial score (nSPS) is 15.2. The molecule has 2 N–H and O–H groups in total. The van der Waals surface area contributed by atoms with Crippen molar-refractivity contribution in [3.63, 3.8) is 0 Å². The van der Waals surface area contributed by atoms with Gasteiger partial charge in [0.2, 0.25) is 5.91 Å². The van der Waals surface area contributed by atoms with Crippen LogP contribution in [-0.2, 0) is 11.3 Å². The Morgan fingerprint density at radius 1 is 0.969 bits per heavy atom. The highest BCUT2D eigenvalue weighted by Crippen LogP contribution is 2.42. The van der Waals surface area contributed by atoms with E-state index in [1.165, 1.54) is 0 Å². The number of nitrogens with zero attached hydrogens (tertiary/aromatic N) is 1. The molecule has 1 aliphatic rings. The maximum Gasteiger partial charge on any atom is 0.255 e. The van der Waals surface area contributed by atoms with Gasteiger partial charge >= 0.3 is 0 Å². The fourth-order valence-electron chi connectivity index (χ4n) is 4.67. The molecule has 1 unspecified atom stereocenters. The Bertz CT molecular complexity index is 1290. The molecule has 0 radical (unpaired) electrons. The van der Waals surface area contributed by atoms with Crippen molar-refractivity contribution in [3.8, 4) is 0 Å². The van der Waals surface area contributed by atoms with Gasteiger partial charge in [0.05, 0.1) is 6.04 Å². The van der Waals surface area contributed by atoms with Crippen LogP contribution in [0.1, 0.15) is 45.2 Å². The van der Waals surface area contributed by atoms with Crippen LogP contribution in [0.25, 0.3) is 10.9 Å². The highest BCUT2D eigenvalue weighted by Gasteiger charge is 2.39. The third kappa shape index (κ3) is 3.56. The van der Waals surface area contributed by atoms with E-state index in [1.807, 2.05) is 78.6 Å². The number of rotatable bonds is 6. The van der Waals surface area contributed by atoms with Gasteiger partial charge in [-0.05, 0) is 30.2 Å². The summed E-state index contributed by atoms with van der Waals surface area (Å²) in [6.45, 7) is 2.89. The van der Waals surface area contributed by atoms with Crippen LogP contribution in [-0.4, -0.2) is 28.2 Å². The number of aromatic nitrogens is 1. The predicted molar refractivity (Wildman–Crippen MR) is 125 cm³/mol. The Kier molecular flexibility index (Phi) is 5.23. The predicted octanol–water partition coefficient (Wildman–Crippen LogP) is 4.73. The zero-order chi connectivity index (χ0) is 22.1. The van der Waals surface area contributed by atoms with Crippen molar-refractivity contribution in [2.75, 3.05) is 6.54 Å². The topological polar surface area (TPSA) is 65.2 Å². The van der Waals surface area contributed by atoms with Gasteiger partial charge in [0.15, 0.2) is 0 Å². The van der Waals surface area contributed by atoms with Crippen molar-refractivity contribution in [3.05, 3.63) is 107 Å². The van der Waals surface area contributed by atoms with Crippen LogP contribution in [0.5, 0.6) is 0 Å². The smallest absolute Gasteiger partial charge is 0.255 e. The van der Waals surface area contributed by atoms with E-state index in [2.05, 4.69) is 22.4 Å². The molecule has 2 heterocycles. The molecule has 0 bridgehead atoms. The molecule has 5 nitrogen and oxygen atoms in total. The molecule has 1 aliphatic heterocycles. The van der Waals surface area contributed by atoms with Gasteiger partial charge in [-0.15, -0.1) is 0 Å². The molecule has 2 amide bonds. The summed E-state index contributed by atoms with van der Waals surface area (Å²) >= 11 is 0. The lowest BCUT2D eigenvalue weighted by molar-refractivity contribution is -0.121. The van der Waals surface area contributed by atoms with Gasteiger partial charge in [-0.2, -0.15) is 0 Å². The summed E-state index contributed by atoms with van der Waals surface area (Å²) in [5.41, 5.74) is 5.96. The molecule has 32 heavy (non-hydrogen) atoms. The summed E-state index contributed by atoms with van der Waals surface area (Å²) in [6.07, 6.45) is 0.254. The zero-order valence-corrected chi connectivity index (χ0v) is 18.0. The Balaban J connectivity index is 1.41. The second kappa shape index (κ2) is 8.35. The molecule has 1 aromatic heterocycles. The minimum absolute atomic E-state index is 0.0221. The standard InChI is InChI=1S/C27H25N3O2/c1-18-25(22-13-7-8-14-23(22)29-18)26-20-11-5-6-12-21(20)27(32)30(26)16-15-24(31)28-17-19-9-3-2-4-10-19/h2-14,26,29H,15-17H2,1H3,(H,28,31). The first kappa shape index (κ1) is 20.1. The highest BCUT2D eigenvalue weighted by molar-refractivity contribution is 6.01. The van der Waals surface area contributed by atoms with Crippen molar-refractivity contribution >= 4 is 22.7 Å². The summed E-state index contributed by atoms with van der Waals surface area (Å²) in [5, 5.41) is 4.08. The fraction of sp³-hybridized carbons (Fsp3) is 0.185. The summed E-state index contributed by atoms with van der Waals surface area (Å²) in [4.78, 5) is 31.2. The molecule has 5 heteroatoms. The van der Waals surface area contributed by atoms with E-state index in [0.717, 1.165) is 33.3 Å². The van der Waals surface area contributed by atoms with E-state index >= 15 is 0 Å². The van der Waals surface area contributed by atoms with Crippen molar-refractivity contribution < 1.29 is 9.59 Å². The average Bonchev–Trinajstić information content (AvgIpc) is 3.29. The fourth-order valence-corrected chi connectivity index (χ4v) is 4.67. The number of aryl methyl sites for hydroxylation is 1. The van der Waals surface area contributed by atoms with Crippen LogP contribution in [0, 0.1) is 6.92 Å². The van der Waals surface area contributed by atoms with Gasteiger partial charge in [-0.25, -0.2) is 0 Å². The lowest BCUT2D eigenvalue weighted by atomic mass is 9.95. The summed E-state index contributed by atoms with van der Waals surface area (Å²) in [5.74, 6) is -0.0850. The molecule has 5 rings (SSSR count). The molecule has 0 spiro atoms. The first-order valence-electron chi connectivity index (χ1n) is 10.9. The molecule has 0 saturated carbocycles. The van der Waals surface area contributed by atoms with Crippen LogP contribution < -0.4 is 5.32 Å². The van der Waals surface area contributed by atoms with Gasteiger partial charge in [-0.1, -0.05) is 66.7 Å². The number of aromatic amines is 1. The Morgan fingerprint density at radius 2 is 1.69 bits per heavy atom. The molecule has 0 saturated heterocycles. The van der Waals surface area contributed by atoms with Gasteiger partial charge in [0.25, 0.3) is 5.91 Å². The summed E-state index contributed by atoms with van der Waals surface area (Å²) in [7, 11) is 0. The quantitative estimate of drug-likeness (QED) is 0.471. The Labute approximate surface area is 187 Å². The molecule has 0 fully saturated rings. The molecule has 160 valence electrons. The third-order valence-electron chi connectivity index (χ3n) is 6.19. The number of nitrogens with one attached hydrogen (secondary N) is 2. The van der Waals surface area contributed by atoms with E-state index in [-0.39, 0.29) is 24.3 Å². The minimum Gasteiger partial charge on any atom is -0.358 e. The number of fused-ring (bicyclic) bond motifs is 2. The number of hydrogen-bond donors (Lipinski definition) is 2. The molecule has 0 aliphatic carbocycles. The van der Waals surface area contributed by atoms with E-state index < -0.39 is 0 Å². The van der Waals surface area contributed by atoms with Crippen LogP contribution in [0.3, 0.4) is 0 Å². The maximum atomic E-state index is 13.3. The Morgan fingerprint density at radius 3 is 2.53 bits per heavy atom. The largest absolute Gasteiger partial charge is 0.358 e. The van der Waals surface area contributed by atoms with Crippen molar-refractivity contribution in [2.45, 2.75) is 25.9 Å². The summed E-state index contributed by atoms with van der Waals surface area (Å²) < 4.78 is 0. The first-order valence-corrected chi connectivity index (χ1v) is 10.9. The van der Waals surface area contributed by atoms with E-state index in [1.54, 1.807) is 0 Å². The van der Waals surface area contributed by atoms with Crippen LogP contribution >= 0.6 is 0 Å². The van der Waals surface area contributed by atoms with E-state index in [4.69, 9.17) is 0 Å². The summed E-state index contributed by atoms with van der Waals surface area (Å²) in [6, 6.07) is 25.5. The van der Waals surface area contributed by atoms with Crippen molar-refractivity contribution in [1.29, 1.82) is 0 Å². The molecular weight excluding hydrogens is 398 g/mol. The lowest BCUT2D eigenvalue weighted by Crippen LogP contribution is -2.34. The number of hydrogen-bond acceptors (Lipinski definition) is 2. The van der Waals surface area contributed by atoms with Gasteiger partial charge in [0, 0.05) is 47.2 Å². The number of carbonyl (C=O) groups excluding carboxylic acids is 2. The van der Waals surface area contributed by atoms with Gasteiger partial charge in [0.1, 0.15) is 0 Å². The first-order chi connectivity index (χ1) is 15.6. The second-order valence-corrected chi connectivity index (χ2v) is 8.21. The minimum atomic E-state index is -0.211. The Hall–Kier alpha value is -3.86. The second-order valence-electron chi connectivity index (χ2n) is 8.21. The third-order valence-corrected chi connectivity index (χ3v) is 6.19. The number of para-hydroxylation sites is 1. The maximum absolute atomic E-state index is 13.3. The monoisotopic (exact) mass is 423 g/mol. The number of carbonyl (C=O) groups is 2. The molecule has 4 aromatic rings. The highest BCUT2D eigenvalue weighted by atomic mass is 16.2. The lowest BCUT2D eigenvalue weighted by Gasteiger charge is -2.26. The SMILES string of the molecule is Cc1[nH]c2ccccc2c1C1c2ccccc2C(=O)N1CCC(=O)NCc1ccccc1. The van der Waals surface area contributed by atoms with Crippen LogP contribution in [0.15, 0.2) is 78.9 Å². The van der Waals surface area contributed by atoms with E-state index in [9.17, 15) is 9.59 Å². The molecular formula is C27H25N3O2.